The molecule has 116 valence electrons. The third kappa shape index (κ3) is 2.67. The van der Waals surface area contributed by atoms with Crippen molar-refractivity contribution >= 4 is 22.3 Å². The Morgan fingerprint density at radius 2 is 1.92 bits per heavy atom. The molecule has 0 bridgehead atoms. The zero-order chi connectivity index (χ0) is 16.4. The number of nitrogens with one attached hydrogen (secondary N) is 1. The third-order valence-electron chi connectivity index (χ3n) is 3.88. The Morgan fingerprint density at radius 3 is 2.83 bits per heavy atom. The Bertz CT molecular complexity index is 1010. The molecule has 1 aromatic carbocycles. The quantitative estimate of drug-likeness (QED) is 0.616. The highest BCUT2D eigenvalue weighted by molar-refractivity contribution is 5.94. The van der Waals surface area contributed by atoms with E-state index in [2.05, 4.69) is 25.5 Å². The van der Waals surface area contributed by atoms with E-state index in [0.29, 0.717) is 5.82 Å². The Kier molecular flexibility index (Phi) is 3.59. The van der Waals surface area contributed by atoms with Crippen LogP contribution in [0.4, 0.5) is 11.5 Å². The van der Waals surface area contributed by atoms with Crippen LogP contribution in [0.2, 0.25) is 0 Å². The first kappa shape index (κ1) is 14.3. The van der Waals surface area contributed by atoms with Crippen molar-refractivity contribution in [3.05, 3.63) is 72.8 Å². The fraction of sp³-hybridized carbons (Fsp3) is 0.0526. The van der Waals surface area contributed by atoms with Crippen LogP contribution in [0.25, 0.3) is 22.0 Å². The standard InChI is InChI=1S/C19H15N5/c1-13-4-3-8-21-19(13)15-10-18(24-22-12-15)23-17-6-2-5-14-11-20-9-7-16(14)17/h2-12H,1H3,(H,23,24). The minimum atomic E-state index is 0.682. The lowest BCUT2D eigenvalue weighted by Crippen LogP contribution is -1.98. The lowest BCUT2D eigenvalue weighted by Gasteiger charge is -2.10. The number of aryl methyl sites for hydroxylation is 1. The fourth-order valence-electron chi connectivity index (χ4n) is 2.71. The molecule has 4 rings (SSSR count). The van der Waals surface area contributed by atoms with Crippen molar-refractivity contribution in [2.75, 3.05) is 5.32 Å². The fourth-order valence-corrected chi connectivity index (χ4v) is 2.71. The van der Waals surface area contributed by atoms with Gasteiger partial charge in [0.1, 0.15) is 0 Å². The molecule has 5 nitrogen and oxygen atoms in total. The minimum absolute atomic E-state index is 0.682. The summed E-state index contributed by atoms with van der Waals surface area (Å²) < 4.78 is 0. The molecule has 0 spiro atoms. The first-order chi connectivity index (χ1) is 11.8. The van der Waals surface area contributed by atoms with Gasteiger partial charge in [-0.1, -0.05) is 18.2 Å². The van der Waals surface area contributed by atoms with Gasteiger partial charge in [0.05, 0.1) is 11.9 Å². The number of rotatable bonds is 3. The third-order valence-corrected chi connectivity index (χ3v) is 3.88. The van der Waals surface area contributed by atoms with Crippen molar-refractivity contribution in [3.63, 3.8) is 0 Å². The zero-order valence-electron chi connectivity index (χ0n) is 13.1. The van der Waals surface area contributed by atoms with Crippen molar-refractivity contribution in [1.29, 1.82) is 0 Å². The summed E-state index contributed by atoms with van der Waals surface area (Å²) in [6.45, 7) is 2.04. The second-order valence-electron chi connectivity index (χ2n) is 5.53. The van der Waals surface area contributed by atoms with E-state index in [0.717, 1.165) is 33.3 Å². The molecule has 0 unspecified atom stereocenters. The van der Waals surface area contributed by atoms with Crippen LogP contribution in [0.15, 0.2) is 67.3 Å². The zero-order valence-corrected chi connectivity index (χ0v) is 13.1. The molecular weight excluding hydrogens is 298 g/mol. The Hall–Kier alpha value is -3.34. The average Bonchev–Trinajstić information content (AvgIpc) is 2.63. The molecule has 0 aliphatic carbocycles. The highest BCUT2D eigenvalue weighted by atomic mass is 15.2. The van der Waals surface area contributed by atoms with Gasteiger partial charge < -0.3 is 5.32 Å². The topological polar surface area (TPSA) is 63.6 Å². The number of aromatic nitrogens is 4. The predicted octanol–water partition coefficient (Wildman–Crippen LogP) is 4.14. The molecule has 0 saturated carbocycles. The van der Waals surface area contributed by atoms with Gasteiger partial charge in [0.25, 0.3) is 0 Å². The molecule has 5 heteroatoms. The Morgan fingerprint density at radius 1 is 0.958 bits per heavy atom. The second kappa shape index (κ2) is 6.04. The maximum atomic E-state index is 4.44. The second-order valence-corrected chi connectivity index (χ2v) is 5.53. The number of pyridine rings is 2. The van der Waals surface area contributed by atoms with Crippen LogP contribution >= 0.6 is 0 Å². The van der Waals surface area contributed by atoms with Gasteiger partial charge in [-0.3, -0.25) is 9.97 Å². The molecule has 0 saturated heterocycles. The number of nitrogens with zero attached hydrogens (tertiary/aromatic N) is 4. The molecule has 0 fully saturated rings. The normalized spacial score (nSPS) is 10.7. The number of hydrogen-bond acceptors (Lipinski definition) is 5. The number of hydrogen-bond donors (Lipinski definition) is 1. The Balaban J connectivity index is 1.73. The van der Waals surface area contributed by atoms with Gasteiger partial charge in [0.2, 0.25) is 0 Å². The molecule has 3 heterocycles. The molecule has 0 aliphatic rings. The van der Waals surface area contributed by atoms with Gasteiger partial charge in [-0.25, -0.2) is 0 Å². The molecule has 0 aliphatic heterocycles. The first-order valence-electron chi connectivity index (χ1n) is 7.66. The van der Waals surface area contributed by atoms with E-state index in [1.165, 1.54) is 0 Å². The van der Waals surface area contributed by atoms with Crippen molar-refractivity contribution in [2.24, 2.45) is 0 Å². The van der Waals surface area contributed by atoms with Crippen LogP contribution in [0.5, 0.6) is 0 Å². The van der Waals surface area contributed by atoms with Crippen LogP contribution in [0.1, 0.15) is 5.56 Å². The SMILES string of the molecule is Cc1cccnc1-c1cnnc(Nc2cccc3cnccc23)c1. The lowest BCUT2D eigenvalue weighted by molar-refractivity contribution is 1.03. The van der Waals surface area contributed by atoms with Gasteiger partial charge in [-0.05, 0) is 36.8 Å². The number of benzene rings is 1. The summed E-state index contributed by atoms with van der Waals surface area (Å²) in [5, 5.41) is 13.8. The van der Waals surface area contributed by atoms with Crippen molar-refractivity contribution in [3.8, 4) is 11.3 Å². The van der Waals surface area contributed by atoms with Crippen molar-refractivity contribution in [2.45, 2.75) is 6.92 Å². The summed E-state index contributed by atoms with van der Waals surface area (Å²) in [5.74, 6) is 0.682. The first-order valence-corrected chi connectivity index (χ1v) is 7.66. The molecule has 1 N–H and O–H groups in total. The van der Waals surface area contributed by atoms with Gasteiger partial charge in [-0.15, -0.1) is 5.10 Å². The molecular formula is C19H15N5. The molecule has 0 amide bonds. The lowest BCUT2D eigenvalue weighted by atomic mass is 10.1. The summed E-state index contributed by atoms with van der Waals surface area (Å²) >= 11 is 0. The van der Waals surface area contributed by atoms with E-state index in [-0.39, 0.29) is 0 Å². The molecule has 3 aromatic heterocycles. The van der Waals surface area contributed by atoms with Crippen molar-refractivity contribution in [1.82, 2.24) is 20.2 Å². The maximum Gasteiger partial charge on any atom is 0.153 e. The summed E-state index contributed by atoms with van der Waals surface area (Å²) in [6.07, 6.45) is 7.15. The van der Waals surface area contributed by atoms with Crippen LogP contribution in [0.3, 0.4) is 0 Å². The maximum absolute atomic E-state index is 4.44. The van der Waals surface area contributed by atoms with Crippen LogP contribution in [-0.4, -0.2) is 20.2 Å². The highest BCUT2D eigenvalue weighted by Crippen LogP contribution is 2.27. The highest BCUT2D eigenvalue weighted by Gasteiger charge is 2.07. The summed E-state index contributed by atoms with van der Waals surface area (Å²) in [7, 11) is 0. The number of anilines is 2. The van der Waals surface area contributed by atoms with Gasteiger partial charge >= 0.3 is 0 Å². The van der Waals surface area contributed by atoms with E-state index in [4.69, 9.17) is 0 Å². The van der Waals surface area contributed by atoms with E-state index in [1.54, 1.807) is 18.6 Å². The molecule has 24 heavy (non-hydrogen) atoms. The van der Waals surface area contributed by atoms with Crippen molar-refractivity contribution < 1.29 is 0 Å². The predicted molar refractivity (Wildman–Crippen MR) is 95.0 cm³/mol. The molecule has 4 aromatic rings. The van der Waals surface area contributed by atoms with Crippen LogP contribution < -0.4 is 5.32 Å². The average molecular weight is 313 g/mol. The minimum Gasteiger partial charge on any atom is -0.338 e. The largest absolute Gasteiger partial charge is 0.338 e. The monoisotopic (exact) mass is 313 g/mol. The number of fused-ring (bicyclic) bond motifs is 1. The summed E-state index contributed by atoms with van der Waals surface area (Å²) in [4.78, 5) is 8.60. The van der Waals surface area contributed by atoms with Gasteiger partial charge in [0, 0.05) is 40.6 Å². The summed E-state index contributed by atoms with van der Waals surface area (Å²) in [5.41, 5.74) is 3.93. The molecule has 0 atom stereocenters. The van der Waals surface area contributed by atoms with E-state index in [1.807, 2.05) is 55.6 Å². The van der Waals surface area contributed by atoms with Gasteiger partial charge in [0.15, 0.2) is 5.82 Å². The van der Waals surface area contributed by atoms with E-state index < -0.39 is 0 Å². The van der Waals surface area contributed by atoms with Gasteiger partial charge in [-0.2, -0.15) is 5.10 Å². The Labute approximate surface area is 139 Å². The van der Waals surface area contributed by atoms with Crippen LogP contribution in [-0.2, 0) is 0 Å². The summed E-state index contributed by atoms with van der Waals surface area (Å²) in [6, 6.07) is 14.0. The van der Waals surface area contributed by atoms with Crippen LogP contribution in [0, 0.1) is 6.92 Å². The smallest absolute Gasteiger partial charge is 0.153 e. The van der Waals surface area contributed by atoms with E-state index >= 15 is 0 Å². The van der Waals surface area contributed by atoms with E-state index in [9.17, 15) is 0 Å². The molecule has 0 radical (unpaired) electrons.